The van der Waals surface area contributed by atoms with Crippen LogP contribution in [-0.4, -0.2) is 81.0 Å². The Morgan fingerprint density at radius 1 is 1.03 bits per heavy atom. The van der Waals surface area contributed by atoms with E-state index in [1.165, 1.54) is 16.8 Å². The van der Waals surface area contributed by atoms with Gasteiger partial charge < -0.3 is 20.4 Å². The van der Waals surface area contributed by atoms with Crippen LogP contribution >= 0.6 is 0 Å². The fourth-order valence-corrected chi connectivity index (χ4v) is 4.20. The molecule has 2 heterocycles. The highest BCUT2D eigenvalue weighted by atomic mass is 16.2. The second-order valence-electron chi connectivity index (χ2n) is 8.61. The molecule has 0 saturated carbocycles. The molecular formula is C22H35N5O2. The summed E-state index contributed by atoms with van der Waals surface area (Å²) < 4.78 is 0. The Morgan fingerprint density at radius 3 is 2.45 bits per heavy atom. The molecule has 2 aliphatic heterocycles. The lowest BCUT2D eigenvalue weighted by molar-refractivity contribution is -0.139. The molecule has 0 aromatic heterocycles. The third-order valence-corrected chi connectivity index (χ3v) is 5.90. The van der Waals surface area contributed by atoms with Gasteiger partial charge in [-0.2, -0.15) is 0 Å². The molecule has 0 unspecified atom stereocenters. The lowest BCUT2D eigenvalue weighted by Crippen LogP contribution is -2.50. The Bertz CT molecular complexity index is 728. The van der Waals surface area contributed by atoms with Gasteiger partial charge in [-0.05, 0) is 50.9 Å². The smallest absolute Gasteiger partial charge is 0.309 e. The molecule has 0 spiro atoms. The standard InChI is InChI=1S/C22H35N5O2/c1-16(2)24-22(29)21(28)23-15-20(27-12-10-25(3)11-13-27)18-7-8-19-17(14-18)6-5-9-26(19)4/h7-8,14,16,20H,5-6,9-13,15H2,1-4H3,(H,23,28)(H,24,29)/t20-/m0/s1. The van der Waals surface area contributed by atoms with Crippen LogP contribution in [0.2, 0.25) is 0 Å². The molecule has 0 bridgehead atoms. The van der Waals surface area contributed by atoms with Crippen molar-refractivity contribution >= 4 is 17.5 Å². The summed E-state index contributed by atoms with van der Waals surface area (Å²) >= 11 is 0. The van der Waals surface area contributed by atoms with Crippen molar-refractivity contribution in [2.24, 2.45) is 0 Å². The van der Waals surface area contributed by atoms with E-state index in [9.17, 15) is 9.59 Å². The second-order valence-corrected chi connectivity index (χ2v) is 8.61. The Kier molecular flexibility index (Phi) is 7.14. The number of piperazine rings is 1. The topological polar surface area (TPSA) is 67.9 Å². The monoisotopic (exact) mass is 401 g/mol. The van der Waals surface area contributed by atoms with E-state index in [1.54, 1.807) is 0 Å². The molecule has 1 aromatic rings. The molecule has 1 saturated heterocycles. The third-order valence-electron chi connectivity index (χ3n) is 5.90. The first-order valence-corrected chi connectivity index (χ1v) is 10.7. The summed E-state index contributed by atoms with van der Waals surface area (Å²) in [6, 6.07) is 6.70. The van der Waals surface area contributed by atoms with Crippen LogP contribution in [0.5, 0.6) is 0 Å². The molecule has 0 aliphatic carbocycles. The Balaban J connectivity index is 1.76. The quantitative estimate of drug-likeness (QED) is 0.721. The fourth-order valence-electron chi connectivity index (χ4n) is 4.20. The van der Waals surface area contributed by atoms with Gasteiger partial charge in [0.15, 0.2) is 0 Å². The van der Waals surface area contributed by atoms with Crippen LogP contribution in [-0.2, 0) is 16.0 Å². The summed E-state index contributed by atoms with van der Waals surface area (Å²) in [4.78, 5) is 31.3. The van der Waals surface area contributed by atoms with Crippen molar-refractivity contribution in [2.75, 3.05) is 58.3 Å². The Labute approximate surface area is 174 Å². The summed E-state index contributed by atoms with van der Waals surface area (Å²) in [7, 11) is 4.28. The number of rotatable bonds is 5. The predicted molar refractivity (Wildman–Crippen MR) is 116 cm³/mol. The van der Waals surface area contributed by atoms with Crippen LogP contribution in [0, 0.1) is 0 Å². The molecule has 7 nitrogen and oxygen atoms in total. The van der Waals surface area contributed by atoms with Crippen LogP contribution in [0.3, 0.4) is 0 Å². The van der Waals surface area contributed by atoms with Crippen molar-refractivity contribution < 1.29 is 9.59 Å². The number of carbonyl (C=O) groups excluding carboxylic acids is 2. The number of carbonyl (C=O) groups is 2. The SMILES string of the molecule is CC(C)NC(=O)C(=O)NC[C@@H](c1ccc2c(c1)CCCN2C)N1CCN(C)CC1. The van der Waals surface area contributed by atoms with Crippen LogP contribution < -0.4 is 15.5 Å². The van der Waals surface area contributed by atoms with E-state index < -0.39 is 11.8 Å². The van der Waals surface area contributed by atoms with E-state index in [0.29, 0.717) is 6.54 Å². The van der Waals surface area contributed by atoms with Crippen LogP contribution in [0.4, 0.5) is 5.69 Å². The van der Waals surface area contributed by atoms with Crippen molar-refractivity contribution in [3.63, 3.8) is 0 Å². The molecule has 7 heteroatoms. The first kappa shape index (κ1) is 21.6. The molecule has 1 aromatic carbocycles. The van der Waals surface area contributed by atoms with E-state index in [2.05, 4.69) is 57.6 Å². The maximum absolute atomic E-state index is 12.3. The molecule has 1 atom stereocenters. The van der Waals surface area contributed by atoms with Gasteiger partial charge in [-0.15, -0.1) is 0 Å². The molecule has 0 radical (unpaired) electrons. The Hall–Kier alpha value is -2.12. The number of nitrogens with one attached hydrogen (secondary N) is 2. The highest BCUT2D eigenvalue weighted by Crippen LogP contribution is 2.31. The summed E-state index contributed by atoms with van der Waals surface area (Å²) in [6.07, 6.45) is 2.25. The van der Waals surface area contributed by atoms with Crippen LogP contribution in [0.25, 0.3) is 0 Å². The van der Waals surface area contributed by atoms with Gasteiger partial charge in [0.1, 0.15) is 0 Å². The van der Waals surface area contributed by atoms with Crippen LogP contribution in [0.15, 0.2) is 18.2 Å². The first-order valence-electron chi connectivity index (χ1n) is 10.7. The van der Waals surface area contributed by atoms with Crippen molar-refractivity contribution in [1.82, 2.24) is 20.4 Å². The molecule has 1 fully saturated rings. The zero-order chi connectivity index (χ0) is 21.0. The van der Waals surface area contributed by atoms with Gasteiger partial charge in [0.2, 0.25) is 0 Å². The lowest BCUT2D eigenvalue weighted by Gasteiger charge is -2.39. The summed E-state index contributed by atoms with van der Waals surface area (Å²) in [5.41, 5.74) is 3.89. The van der Waals surface area contributed by atoms with Gasteiger partial charge in [0.05, 0.1) is 6.04 Å². The van der Waals surface area contributed by atoms with Crippen LogP contribution in [0.1, 0.15) is 37.4 Å². The number of amides is 2. The number of aryl methyl sites for hydroxylation is 1. The summed E-state index contributed by atoms with van der Waals surface area (Å²) in [5, 5.41) is 5.53. The largest absolute Gasteiger partial charge is 0.374 e. The maximum Gasteiger partial charge on any atom is 0.309 e. The van der Waals surface area contributed by atoms with Gasteiger partial charge in [0, 0.05) is 58.0 Å². The van der Waals surface area contributed by atoms with Crippen molar-refractivity contribution in [2.45, 2.75) is 38.8 Å². The first-order chi connectivity index (χ1) is 13.8. The molecule has 29 heavy (non-hydrogen) atoms. The minimum absolute atomic E-state index is 0.0562. The van der Waals surface area contributed by atoms with Gasteiger partial charge >= 0.3 is 11.8 Å². The number of hydrogen-bond acceptors (Lipinski definition) is 5. The van der Waals surface area contributed by atoms with E-state index in [0.717, 1.165) is 45.6 Å². The van der Waals surface area contributed by atoms with Gasteiger partial charge in [0.25, 0.3) is 0 Å². The summed E-state index contributed by atoms with van der Waals surface area (Å²) in [6.45, 7) is 9.14. The van der Waals surface area contributed by atoms with Gasteiger partial charge in [-0.25, -0.2) is 0 Å². The second kappa shape index (κ2) is 9.59. The Morgan fingerprint density at radius 2 is 1.76 bits per heavy atom. The average molecular weight is 402 g/mol. The van der Waals surface area contributed by atoms with E-state index in [4.69, 9.17) is 0 Å². The third kappa shape index (κ3) is 5.48. The number of likely N-dealkylation sites (N-methyl/N-ethyl adjacent to an activating group) is 1. The van der Waals surface area contributed by atoms with Crippen molar-refractivity contribution in [3.8, 4) is 0 Å². The zero-order valence-electron chi connectivity index (χ0n) is 18.2. The molecular weight excluding hydrogens is 366 g/mol. The zero-order valence-corrected chi connectivity index (χ0v) is 18.2. The predicted octanol–water partition coefficient (Wildman–Crippen LogP) is 0.998. The van der Waals surface area contributed by atoms with E-state index in [-0.39, 0.29) is 12.1 Å². The number of nitrogens with zero attached hydrogens (tertiary/aromatic N) is 3. The molecule has 3 rings (SSSR count). The number of fused-ring (bicyclic) bond motifs is 1. The van der Waals surface area contributed by atoms with Crippen molar-refractivity contribution in [3.05, 3.63) is 29.3 Å². The average Bonchev–Trinajstić information content (AvgIpc) is 2.69. The normalized spacial score (nSPS) is 19.0. The number of hydrogen-bond donors (Lipinski definition) is 2. The van der Waals surface area contributed by atoms with Crippen molar-refractivity contribution in [1.29, 1.82) is 0 Å². The van der Waals surface area contributed by atoms with Gasteiger partial charge in [-0.3, -0.25) is 14.5 Å². The minimum atomic E-state index is -0.566. The molecule has 2 N–H and O–H groups in total. The fraction of sp³-hybridized carbons (Fsp3) is 0.636. The summed E-state index contributed by atoms with van der Waals surface area (Å²) in [5.74, 6) is -1.13. The highest BCUT2D eigenvalue weighted by Gasteiger charge is 2.27. The highest BCUT2D eigenvalue weighted by molar-refractivity contribution is 6.35. The molecule has 2 amide bonds. The number of benzene rings is 1. The minimum Gasteiger partial charge on any atom is -0.374 e. The van der Waals surface area contributed by atoms with Gasteiger partial charge in [-0.1, -0.05) is 12.1 Å². The molecule has 160 valence electrons. The van der Waals surface area contributed by atoms with E-state index in [1.807, 2.05) is 13.8 Å². The lowest BCUT2D eigenvalue weighted by atomic mass is 9.95. The molecule has 2 aliphatic rings. The van der Waals surface area contributed by atoms with E-state index >= 15 is 0 Å². The number of anilines is 1. The maximum atomic E-state index is 12.3.